The number of para-hydroxylation sites is 1. The highest BCUT2D eigenvalue weighted by atomic mass is 16.5. The molecule has 0 saturated heterocycles. The molecule has 1 atom stereocenters. The first-order valence-electron chi connectivity index (χ1n) is 8.91. The number of nitriles is 1. The number of hydrogen-bond acceptors (Lipinski definition) is 6. The van der Waals surface area contributed by atoms with Crippen LogP contribution in [-0.4, -0.2) is 23.5 Å². The minimum absolute atomic E-state index is 0.277. The van der Waals surface area contributed by atoms with E-state index in [2.05, 4.69) is 11.4 Å². The third kappa shape index (κ3) is 4.00. The number of ether oxygens (including phenoxy) is 1. The predicted octanol–water partition coefficient (Wildman–Crippen LogP) is 2.68. The first-order valence-corrected chi connectivity index (χ1v) is 8.91. The number of amides is 1. The molecule has 1 aromatic carbocycles. The third-order valence-corrected chi connectivity index (χ3v) is 4.80. The lowest BCUT2D eigenvalue weighted by Crippen LogP contribution is -2.52. The smallest absolute Gasteiger partial charge is 0.351 e. The van der Waals surface area contributed by atoms with Gasteiger partial charge in [0.05, 0.1) is 6.07 Å². The van der Waals surface area contributed by atoms with Gasteiger partial charge in [0.2, 0.25) is 0 Å². The quantitative estimate of drug-likeness (QED) is 0.656. The highest BCUT2D eigenvalue weighted by Crippen LogP contribution is 2.27. The Hall–Kier alpha value is -3.14. The number of nitrogens with zero attached hydrogens (tertiary/aromatic N) is 1. The van der Waals surface area contributed by atoms with Crippen LogP contribution in [0.15, 0.2) is 39.5 Å². The molecule has 27 heavy (non-hydrogen) atoms. The average Bonchev–Trinajstić information content (AvgIpc) is 2.68. The van der Waals surface area contributed by atoms with Crippen molar-refractivity contribution in [1.29, 1.82) is 5.26 Å². The zero-order valence-corrected chi connectivity index (χ0v) is 15.0. The van der Waals surface area contributed by atoms with Crippen LogP contribution < -0.4 is 10.9 Å². The average molecular weight is 368 g/mol. The molecule has 1 aliphatic rings. The van der Waals surface area contributed by atoms with Gasteiger partial charge in [-0.2, -0.15) is 5.26 Å². The summed E-state index contributed by atoms with van der Waals surface area (Å²) in [7, 11) is 0. The number of hydrogen-bond donors (Lipinski definition) is 1. The highest BCUT2D eigenvalue weighted by molar-refractivity contribution is 5.94. The first-order chi connectivity index (χ1) is 12.9. The summed E-state index contributed by atoms with van der Waals surface area (Å²) in [5, 5.41) is 12.7. The van der Waals surface area contributed by atoms with Crippen molar-refractivity contribution in [3.63, 3.8) is 0 Å². The van der Waals surface area contributed by atoms with Gasteiger partial charge < -0.3 is 14.5 Å². The molecule has 1 amide bonds. The standard InChI is InChI=1S/C20H20N2O5/c1-13(17(23)22-20(12-21)9-5-2-6-10-20)26-18(24)15-11-14-7-3-4-8-16(14)27-19(15)25/h3-4,7-8,11,13H,2,5-6,9-10H2,1H3,(H,22,23)/t13-/m1/s1. The van der Waals surface area contributed by atoms with Crippen LogP contribution in [0.25, 0.3) is 11.0 Å². The number of benzene rings is 1. The minimum atomic E-state index is -1.14. The van der Waals surface area contributed by atoms with E-state index in [1.54, 1.807) is 24.3 Å². The van der Waals surface area contributed by atoms with E-state index in [-0.39, 0.29) is 5.56 Å². The maximum Gasteiger partial charge on any atom is 0.351 e. The molecule has 0 spiro atoms. The van der Waals surface area contributed by atoms with Gasteiger partial charge in [0.15, 0.2) is 6.10 Å². The van der Waals surface area contributed by atoms with Gasteiger partial charge in [-0.05, 0) is 31.9 Å². The van der Waals surface area contributed by atoms with Crippen molar-refractivity contribution >= 4 is 22.8 Å². The summed E-state index contributed by atoms with van der Waals surface area (Å²) in [5.74, 6) is -1.50. The molecule has 7 nitrogen and oxygen atoms in total. The molecule has 140 valence electrons. The molecule has 0 unspecified atom stereocenters. The molecular weight excluding hydrogens is 348 g/mol. The summed E-state index contributed by atoms with van der Waals surface area (Å²) in [6.45, 7) is 1.41. The Morgan fingerprint density at radius 3 is 2.67 bits per heavy atom. The Bertz CT molecular complexity index is 966. The van der Waals surface area contributed by atoms with Crippen LogP contribution in [0.1, 0.15) is 49.4 Å². The maximum absolute atomic E-state index is 12.4. The third-order valence-electron chi connectivity index (χ3n) is 4.80. The topological polar surface area (TPSA) is 109 Å². The van der Waals surface area contributed by atoms with Crippen molar-refractivity contribution < 1.29 is 18.7 Å². The SMILES string of the molecule is C[C@@H](OC(=O)c1cc2ccccc2oc1=O)C(=O)NC1(C#N)CCCCC1. The molecule has 1 aliphatic carbocycles. The summed E-state index contributed by atoms with van der Waals surface area (Å²) in [6.07, 6.45) is 2.76. The molecule has 0 bridgehead atoms. The van der Waals surface area contributed by atoms with Gasteiger partial charge in [-0.1, -0.05) is 37.5 Å². The van der Waals surface area contributed by atoms with E-state index in [0.717, 1.165) is 19.3 Å². The van der Waals surface area contributed by atoms with Gasteiger partial charge in [-0.25, -0.2) is 9.59 Å². The second-order valence-electron chi connectivity index (χ2n) is 6.78. The number of carbonyl (C=O) groups excluding carboxylic acids is 2. The van der Waals surface area contributed by atoms with E-state index in [1.165, 1.54) is 13.0 Å². The van der Waals surface area contributed by atoms with Gasteiger partial charge >= 0.3 is 11.6 Å². The zero-order valence-electron chi connectivity index (χ0n) is 15.0. The Labute approximate surface area is 155 Å². The number of carbonyl (C=O) groups is 2. The van der Waals surface area contributed by atoms with Gasteiger partial charge in [-0.3, -0.25) is 4.79 Å². The van der Waals surface area contributed by atoms with E-state index in [4.69, 9.17) is 9.15 Å². The summed E-state index contributed by atoms with van der Waals surface area (Å²) in [5.41, 5.74) is -1.66. The summed E-state index contributed by atoms with van der Waals surface area (Å²) in [6, 6.07) is 10.3. The molecule has 1 saturated carbocycles. The number of rotatable bonds is 4. The van der Waals surface area contributed by atoms with Crippen LogP contribution in [0.4, 0.5) is 0 Å². The molecule has 7 heteroatoms. The summed E-state index contributed by atoms with van der Waals surface area (Å²) >= 11 is 0. The fourth-order valence-electron chi connectivity index (χ4n) is 3.24. The monoisotopic (exact) mass is 368 g/mol. The van der Waals surface area contributed by atoms with E-state index in [9.17, 15) is 19.6 Å². The van der Waals surface area contributed by atoms with Crippen LogP contribution in [0.2, 0.25) is 0 Å². The molecule has 1 heterocycles. The molecule has 1 aromatic heterocycles. The Balaban J connectivity index is 1.72. The van der Waals surface area contributed by atoms with Crippen molar-refractivity contribution in [2.45, 2.75) is 50.7 Å². The van der Waals surface area contributed by atoms with Crippen molar-refractivity contribution in [2.75, 3.05) is 0 Å². The maximum atomic E-state index is 12.4. The molecule has 2 aromatic rings. The fraction of sp³-hybridized carbons (Fsp3) is 0.400. The Kier molecular flexibility index (Phi) is 5.26. The van der Waals surface area contributed by atoms with Crippen molar-refractivity contribution in [3.05, 3.63) is 46.3 Å². The number of nitrogens with one attached hydrogen (secondary N) is 1. The normalized spacial score (nSPS) is 16.9. The van der Waals surface area contributed by atoms with E-state index in [0.29, 0.717) is 23.8 Å². The molecule has 0 aliphatic heterocycles. The summed E-state index contributed by atoms with van der Waals surface area (Å²) in [4.78, 5) is 36.8. The lowest BCUT2D eigenvalue weighted by atomic mass is 9.83. The lowest BCUT2D eigenvalue weighted by Gasteiger charge is -2.32. The van der Waals surface area contributed by atoms with Crippen molar-refractivity contribution in [1.82, 2.24) is 5.32 Å². The molecule has 0 radical (unpaired) electrons. The van der Waals surface area contributed by atoms with Gasteiger partial charge in [-0.15, -0.1) is 0 Å². The van der Waals surface area contributed by atoms with Gasteiger partial charge in [0, 0.05) is 5.39 Å². The largest absolute Gasteiger partial charge is 0.449 e. The molecular formula is C20H20N2O5. The van der Waals surface area contributed by atoms with E-state index >= 15 is 0 Å². The van der Waals surface area contributed by atoms with Gasteiger partial charge in [0.25, 0.3) is 5.91 Å². The second-order valence-corrected chi connectivity index (χ2v) is 6.78. The van der Waals surface area contributed by atoms with Crippen molar-refractivity contribution in [3.8, 4) is 6.07 Å². The van der Waals surface area contributed by atoms with E-state index < -0.39 is 29.1 Å². The Morgan fingerprint density at radius 2 is 1.96 bits per heavy atom. The van der Waals surface area contributed by atoms with Crippen molar-refractivity contribution in [2.24, 2.45) is 0 Å². The van der Waals surface area contributed by atoms with E-state index in [1.807, 2.05) is 0 Å². The first kappa shape index (κ1) is 18.6. The molecule has 3 rings (SSSR count). The molecule has 1 fully saturated rings. The van der Waals surface area contributed by atoms with Crippen LogP contribution in [0, 0.1) is 11.3 Å². The number of fused-ring (bicyclic) bond motifs is 1. The summed E-state index contributed by atoms with van der Waals surface area (Å²) < 4.78 is 10.2. The fourth-order valence-corrected chi connectivity index (χ4v) is 3.24. The lowest BCUT2D eigenvalue weighted by molar-refractivity contribution is -0.130. The molecule has 1 N–H and O–H groups in total. The van der Waals surface area contributed by atoms with Crippen LogP contribution in [-0.2, 0) is 9.53 Å². The second kappa shape index (κ2) is 7.62. The Morgan fingerprint density at radius 1 is 1.26 bits per heavy atom. The number of esters is 1. The minimum Gasteiger partial charge on any atom is -0.449 e. The predicted molar refractivity (Wildman–Crippen MR) is 96.9 cm³/mol. The van der Waals surface area contributed by atoms with Gasteiger partial charge in [0.1, 0.15) is 16.7 Å². The highest BCUT2D eigenvalue weighted by Gasteiger charge is 2.35. The van der Waals surface area contributed by atoms with Crippen LogP contribution >= 0.6 is 0 Å². The van der Waals surface area contributed by atoms with Crippen LogP contribution in [0.3, 0.4) is 0 Å². The van der Waals surface area contributed by atoms with Crippen LogP contribution in [0.5, 0.6) is 0 Å². The zero-order chi connectivity index (χ0) is 19.4.